The molecule has 1 aliphatic heterocycles. The van der Waals surface area contributed by atoms with Gasteiger partial charge in [-0.2, -0.15) is 0 Å². The summed E-state index contributed by atoms with van der Waals surface area (Å²) in [5, 5.41) is 7.81. The molecule has 0 amide bonds. The quantitative estimate of drug-likeness (QED) is 0.440. The van der Waals surface area contributed by atoms with Crippen LogP contribution in [0.1, 0.15) is 29.3 Å². The van der Waals surface area contributed by atoms with Crippen LogP contribution in [0, 0.1) is 5.82 Å². The molecule has 1 aromatic carbocycles. The average Bonchev–Trinajstić information content (AvgIpc) is 3.30. The molecular weight excluding hydrogens is 423 g/mol. The summed E-state index contributed by atoms with van der Waals surface area (Å²) in [5.41, 5.74) is 3.66. The number of piperidine rings is 1. The van der Waals surface area contributed by atoms with Crippen LogP contribution < -0.4 is 10.6 Å². The van der Waals surface area contributed by atoms with Crippen molar-refractivity contribution in [2.24, 2.45) is 0 Å². The molecule has 1 saturated heterocycles. The molecule has 4 heterocycles. The fourth-order valence-corrected chi connectivity index (χ4v) is 5.04. The highest BCUT2D eigenvalue weighted by molar-refractivity contribution is 7.15. The maximum Gasteiger partial charge on any atom is 0.223 e. The number of nitrogens with one attached hydrogen (secondary N) is 2. The molecule has 2 N–H and O–H groups in total. The second-order valence-corrected chi connectivity index (χ2v) is 8.77. The van der Waals surface area contributed by atoms with Crippen LogP contribution in [0.2, 0.25) is 0 Å². The first-order valence-corrected chi connectivity index (χ1v) is 11.5. The van der Waals surface area contributed by atoms with Gasteiger partial charge in [0.2, 0.25) is 5.95 Å². The van der Waals surface area contributed by atoms with Crippen LogP contribution in [0.15, 0.2) is 61.1 Å². The predicted octanol–water partition coefficient (Wildman–Crippen LogP) is 4.88. The molecule has 5 rings (SSSR count). The number of thiazole rings is 1. The van der Waals surface area contributed by atoms with E-state index in [1.807, 2.05) is 18.2 Å². The number of anilines is 1. The number of hydrogen-bond donors (Lipinski definition) is 2. The van der Waals surface area contributed by atoms with E-state index in [4.69, 9.17) is 9.97 Å². The largest absolute Gasteiger partial charge is 0.350 e. The van der Waals surface area contributed by atoms with Crippen LogP contribution in [0.4, 0.5) is 10.3 Å². The van der Waals surface area contributed by atoms with Gasteiger partial charge in [-0.1, -0.05) is 0 Å². The summed E-state index contributed by atoms with van der Waals surface area (Å²) in [6.45, 7) is 2.61. The topological polar surface area (TPSA) is 75.6 Å². The van der Waals surface area contributed by atoms with Gasteiger partial charge in [-0.05, 0) is 74.0 Å². The van der Waals surface area contributed by atoms with Crippen molar-refractivity contribution in [1.29, 1.82) is 0 Å². The standard InChI is InChI=1S/C24H23FN6S/c25-19-3-1-17(2-4-19)21-22(32-23(31-21)18-7-12-27-13-8-18)20-9-14-28-24(30-20)29-15-16-5-10-26-11-6-16/h1-6,9-11,14,18,27H,7-8,12-13,15H2,(H,28,29,30). The van der Waals surface area contributed by atoms with Crippen molar-refractivity contribution in [3.05, 3.63) is 77.4 Å². The van der Waals surface area contributed by atoms with Crippen molar-refractivity contribution in [2.75, 3.05) is 18.4 Å². The maximum atomic E-state index is 13.5. The molecule has 0 radical (unpaired) electrons. The highest BCUT2D eigenvalue weighted by atomic mass is 32.1. The number of aromatic nitrogens is 4. The Hall–Kier alpha value is -3.23. The minimum atomic E-state index is -0.256. The Bertz CT molecular complexity index is 1170. The summed E-state index contributed by atoms with van der Waals surface area (Å²) in [6.07, 6.45) is 7.43. The third-order valence-electron chi connectivity index (χ3n) is 5.54. The van der Waals surface area contributed by atoms with Crippen LogP contribution in [0.5, 0.6) is 0 Å². The predicted molar refractivity (Wildman–Crippen MR) is 125 cm³/mol. The molecule has 8 heteroatoms. The van der Waals surface area contributed by atoms with E-state index in [9.17, 15) is 4.39 Å². The first-order chi connectivity index (χ1) is 15.8. The lowest BCUT2D eigenvalue weighted by atomic mass is 9.99. The summed E-state index contributed by atoms with van der Waals surface area (Å²) >= 11 is 1.68. The van der Waals surface area contributed by atoms with Crippen molar-refractivity contribution < 1.29 is 4.39 Å². The van der Waals surface area contributed by atoms with Gasteiger partial charge in [0.15, 0.2) is 0 Å². The zero-order valence-corrected chi connectivity index (χ0v) is 18.3. The van der Waals surface area contributed by atoms with Gasteiger partial charge in [-0.15, -0.1) is 11.3 Å². The summed E-state index contributed by atoms with van der Waals surface area (Å²) < 4.78 is 13.5. The zero-order valence-electron chi connectivity index (χ0n) is 17.5. The van der Waals surface area contributed by atoms with Gasteiger partial charge in [-0.3, -0.25) is 4.98 Å². The average molecular weight is 447 g/mol. The van der Waals surface area contributed by atoms with Gasteiger partial charge in [0.1, 0.15) is 5.82 Å². The minimum Gasteiger partial charge on any atom is -0.350 e. The van der Waals surface area contributed by atoms with Gasteiger partial charge in [-0.25, -0.2) is 19.3 Å². The van der Waals surface area contributed by atoms with Gasteiger partial charge < -0.3 is 10.6 Å². The van der Waals surface area contributed by atoms with Crippen molar-refractivity contribution in [1.82, 2.24) is 25.3 Å². The molecule has 0 atom stereocenters. The molecular formula is C24H23FN6S. The number of rotatable bonds is 6. The Morgan fingerprint density at radius 1 is 0.969 bits per heavy atom. The van der Waals surface area contributed by atoms with E-state index in [2.05, 4.69) is 20.6 Å². The third-order valence-corrected chi connectivity index (χ3v) is 6.78. The van der Waals surface area contributed by atoms with Crippen LogP contribution >= 0.6 is 11.3 Å². The van der Waals surface area contributed by atoms with Gasteiger partial charge in [0.25, 0.3) is 0 Å². The normalized spacial score (nSPS) is 14.4. The fourth-order valence-electron chi connectivity index (χ4n) is 3.81. The van der Waals surface area contributed by atoms with E-state index in [1.165, 1.54) is 12.1 Å². The van der Waals surface area contributed by atoms with Crippen LogP contribution in [-0.2, 0) is 6.54 Å². The number of pyridine rings is 1. The van der Waals surface area contributed by atoms with Crippen LogP contribution in [0.25, 0.3) is 21.8 Å². The van der Waals surface area contributed by atoms with Gasteiger partial charge >= 0.3 is 0 Å². The highest BCUT2D eigenvalue weighted by Crippen LogP contribution is 2.40. The maximum absolute atomic E-state index is 13.5. The first-order valence-electron chi connectivity index (χ1n) is 10.7. The van der Waals surface area contributed by atoms with Crippen LogP contribution in [0.3, 0.4) is 0 Å². The SMILES string of the molecule is Fc1ccc(-c2nc(C3CCNCC3)sc2-c2ccnc(NCc3ccncc3)n2)cc1. The van der Waals surface area contributed by atoms with Crippen LogP contribution in [-0.4, -0.2) is 33.0 Å². The van der Waals surface area contributed by atoms with E-state index >= 15 is 0 Å². The lowest BCUT2D eigenvalue weighted by molar-refractivity contribution is 0.459. The number of halogens is 1. The molecule has 162 valence electrons. The minimum absolute atomic E-state index is 0.256. The lowest BCUT2D eigenvalue weighted by Gasteiger charge is -2.20. The first kappa shape index (κ1) is 20.7. The second-order valence-electron chi connectivity index (χ2n) is 7.74. The second kappa shape index (κ2) is 9.50. The molecule has 1 aliphatic rings. The monoisotopic (exact) mass is 446 g/mol. The Morgan fingerprint density at radius 2 is 1.75 bits per heavy atom. The summed E-state index contributed by atoms with van der Waals surface area (Å²) in [5.74, 6) is 0.732. The van der Waals surface area contributed by atoms with E-state index in [1.54, 1.807) is 42.1 Å². The zero-order chi connectivity index (χ0) is 21.8. The highest BCUT2D eigenvalue weighted by Gasteiger charge is 2.23. The third kappa shape index (κ3) is 4.66. The van der Waals surface area contributed by atoms with E-state index in [0.717, 1.165) is 58.3 Å². The van der Waals surface area contributed by atoms with Crippen molar-refractivity contribution in [2.45, 2.75) is 25.3 Å². The van der Waals surface area contributed by atoms with E-state index < -0.39 is 0 Å². The van der Waals surface area contributed by atoms with Gasteiger partial charge in [0.05, 0.1) is 21.3 Å². The van der Waals surface area contributed by atoms with Crippen molar-refractivity contribution >= 4 is 17.3 Å². The number of nitrogens with zero attached hydrogens (tertiary/aromatic N) is 4. The number of benzene rings is 1. The molecule has 1 fully saturated rings. The van der Waals surface area contributed by atoms with Gasteiger partial charge in [0, 0.05) is 36.6 Å². The summed E-state index contributed by atoms with van der Waals surface area (Å²) in [6, 6.07) is 12.3. The molecule has 0 spiro atoms. The Kier molecular flexibility index (Phi) is 6.13. The summed E-state index contributed by atoms with van der Waals surface area (Å²) in [4.78, 5) is 19.2. The Morgan fingerprint density at radius 3 is 2.53 bits per heavy atom. The molecule has 0 aliphatic carbocycles. The number of hydrogen-bond acceptors (Lipinski definition) is 7. The molecule has 4 aromatic rings. The summed E-state index contributed by atoms with van der Waals surface area (Å²) in [7, 11) is 0. The Labute approximate surface area is 190 Å². The molecule has 0 bridgehead atoms. The van der Waals surface area contributed by atoms with E-state index in [0.29, 0.717) is 18.4 Å². The van der Waals surface area contributed by atoms with Crippen molar-refractivity contribution in [3.8, 4) is 21.8 Å². The fraction of sp³-hybridized carbons (Fsp3) is 0.250. The van der Waals surface area contributed by atoms with Crippen molar-refractivity contribution in [3.63, 3.8) is 0 Å². The molecule has 3 aromatic heterocycles. The molecule has 32 heavy (non-hydrogen) atoms. The Balaban J connectivity index is 1.48. The smallest absolute Gasteiger partial charge is 0.223 e. The lowest BCUT2D eigenvalue weighted by Crippen LogP contribution is -2.26. The van der Waals surface area contributed by atoms with E-state index in [-0.39, 0.29) is 5.82 Å². The molecule has 0 saturated carbocycles. The molecule has 6 nitrogen and oxygen atoms in total. The molecule has 0 unspecified atom stereocenters.